The van der Waals surface area contributed by atoms with E-state index in [4.69, 9.17) is 11.6 Å². The second-order valence-corrected chi connectivity index (χ2v) is 10.1. The third kappa shape index (κ3) is 4.46. The lowest BCUT2D eigenvalue weighted by Crippen LogP contribution is -2.44. The molecule has 2 aromatic carbocycles. The Morgan fingerprint density at radius 1 is 1.23 bits per heavy atom. The highest BCUT2D eigenvalue weighted by Gasteiger charge is 2.33. The second kappa shape index (κ2) is 8.98. The third-order valence-corrected chi connectivity index (χ3v) is 8.13. The van der Waals surface area contributed by atoms with E-state index in [0.717, 1.165) is 10.9 Å². The third-order valence-electron chi connectivity index (χ3n) is 5.87. The van der Waals surface area contributed by atoms with E-state index in [1.54, 1.807) is 29.3 Å². The van der Waals surface area contributed by atoms with E-state index < -0.39 is 10.0 Å². The number of amides is 1. The first-order chi connectivity index (χ1) is 14.9. The fourth-order valence-electron chi connectivity index (χ4n) is 4.00. The highest BCUT2D eigenvalue weighted by atomic mass is 35.5. The van der Waals surface area contributed by atoms with E-state index in [2.05, 4.69) is 10.2 Å². The lowest BCUT2D eigenvalue weighted by Gasteiger charge is -2.33. The maximum absolute atomic E-state index is 13.1. The van der Waals surface area contributed by atoms with Gasteiger partial charge in [0.15, 0.2) is 0 Å². The number of H-pyrrole nitrogens is 1. The monoisotopic (exact) mass is 460 g/mol. The molecule has 164 valence electrons. The average molecular weight is 461 g/mol. The first-order valence-corrected chi connectivity index (χ1v) is 12.2. The number of benzene rings is 2. The van der Waals surface area contributed by atoms with Crippen LogP contribution >= 0.6 is 11.6 Å². The molecule has 31 heavy (non-hydrogen) atoms. The van der Waals surface area contributed by atoms with Gasteiger partial charge in [0, 0.05) is 42.5 Å². The number of hydrogen-bond donors (Lipinski definition) is 1. The lowest BCUT2D eigenvalue weighted by molar-refractivity contribution is -0.137. The number of aromatic nitrogens is 2. The minimum atomic E-state index is -3.62. The number of hydrogen-bond acceptors (Lipinski definition) is 4. The van der Waals surface area contributed by atoms with Gasteiger partial charge in [-0.3, -0.25) is 9.89 Å². The zero-order valence-electron chi connectivity index (χ0n) is 17.3. The normalized spacial score (nSPS) is 15.9. The van der Waals surface area contributed by atoms with Crippen molar-refractivity contribution in [3.8, 4) is 0 Å². The summed E-state index contributed by atoms with van der Waals surface area (Å²) >= 11 is 6.25. The van der Waals surface area contributed by atoms with Crippen LogP contribution in [0, 0.1) is 5.92 Å². The molecular formula is C22H25ClN4O3S. The van der Waals surface area contributed by atoms with Crippen LogP contribution in [0.15, 0.2) is 53.6 Å². The molecular weight excluding hydrogens is 436 g/mol. The van der Waals surface area contributed by atoms with Crippen molar-refractivity contribution >= 4 is 38.4 Å². The molecule has 0 bridgehead atoms. The van der Waals surface area contributed by atoms with E-state index in [1.807, 2.05) is 31.2 Å². The maximum atomic E-state index is 13.1. The van der Waals surface area contributed by atoms with Gasteiger partial charge in [0.2, 0.25) is 15.9 Å². The molecule has 3 aromatic rings. The molecule has 4 rings (SSSR count). The predicted molar refractivity (Wildman–Crippen MR) is 120 cm³/mol. The number of sulfonamides is 1. The molecule has 1 aliphatic heterocycles. The molecule has 1 saturated heterocycles. The maximum Gasteiger partial charge on any atom is 0.243 e. The summed E-state index contributed by atoms with van der Waals surface area (Å²) < 4.78 is 27.6. The summed E-state index contributed by atoms with van der Waals surface area (Å²) in [5.74, 6) is -0.137. The van der Waals surface area contributed by atoms with Crippen LogP contribution in [-0.2, 0) is 21.4 Å². The van der Waals surface area contributed by atoms with Crippen LogP contribution in [0.3, 0.4) is 0 Å². The summed E-state index contributed by atoms with van der Waals surface area (Å²) in [7, 11) is -3.62. The fraction of sp³-hybridized carbons (Fsp3) is 0.364. The van der Waals surface area contributed by atoms with E-state index in [9.17, 15) is 13.2 Å². The number of nitrogens with zero attached hydrogens (tertiary/aromatic N) is 3. The highest BCUT2D eigenvalue weighted by molar-refractivity contribution is 7.89. The van der Waals surface area contributed by atoms with Crippen LogP contribution in [0.2, 0.25) is 5.02 Å². The summed E-state index contributed by atoms with van der Waals surface area (Å²) in [4.78, 5) is 15.1. The molecule has 1 aromatic heterocycles. The highest BCUT2D eigenvalue weighted by Crippen LogP contribution is 2.27. The number of aromatic amines is 1. The van der Waals surface area contributed by atoms with Gasteiger partial charge in [-0.05, 0) is 49.6 Å². The van der Waals surface area contributed by atoms with Crippen molar-refractivity contribution in [2.24, 2.45) is 5.92 Å². The van der Waals surface area contributed by atoms with Crippen LogP contribution in [-0.4, -0.2) is 53.4 Å². The van der Waals surface area contributed by atoms with Crippen molar-refractivity contribution in [2.45, 2.75) is 31.2 Å². The van der Waals surface area contributed by atoms with Gasteiger partial charge in [-0.25, -0.2) is 8.42 Å². The Kier molecular flexibility index (Phi) is 6.31. The molecule has 0 saturated carbocycles. The van der Waals surface area contributed by atoms with Gasteiger partial charge < -0.3 is 4.90 Å². The van der Waals surface area contributed by atoms with Crippen molar-refractivity contribution in [3.05, 3.63) is 59.2 Å². The Morgan fingerprint density at radius 3 is 2.68 bits per heavy atom. The molecule has 0 unspecified atom stereocenters. The Morgan fingerprint density at radius 2 is 1.97 bits per heavy atom. The molecule has 9 heteroatoms. The van der Waals surface area contributed by atoms with Crippen molar-refractivity contribution in [3.63, 3.8) is 0 Å². The van der Waals surface area contributed by atoms with Crippen LogP contribution in [0.5, 0.6) is 0 Å². The van der Waals surface area contributed by atoms with Crippen LogP contribution in [0.1, 0.15) is 25.3 Å². The summed E-state index contributed by atoms with van der Waals surface area (Å²) in [6.07, 6.45) is 2.66. The summed E-state index contributed by atoms with van der Waals surface area (Å²) in [6.45, 7) is 3.62. The lowest BCUT2D eigenvalue weighted by atomic mass is 9.96. The Hall–Kier alpha value is -2.42. The Labute approximate surface area is 187 Å². The largest absolute Gasteiger partial charge is 0.338 e. The molecule has 0 atom stereocenters. The van der Waals surface area contributed by atoms with Gasteiger partial charge >= 0.3 is 0 Å². The van der Waals surface area contributed by atoms with E-state index >= 15 is 0 Å². The fourth-order valence-corrected chi connectivity index (χ4v) is 5.70. The molecule has 1 N–H and O–H groups in total. The standard InChI is InChI=1S/C22H25ClN4O3S/c1-2-26(15-18-5-3-4-6-20(18)23)22(28)16-9-11-27(12-10-16)31(29,30)19-8-7-17-14-24-25-21(17)13-19/h3-8,13-14,16H,2,9-12,15H2,1H3,(H,24,25). The molecule has 2 heterocycles. The van der Waals surface area contributed by atoms with Crippen molar-refractivity contribution in [1.82, 2.24) is 19.4 Å². The van der Waals surface area contributed by atoms with Crippen molar-refractivity contribution in [2.75, 3.05) is 19.6 Å². The number of piperidine rings is 1. The minimum Gasteiger partial charge on any atom is -0.338 e. The van der Waals surface area contributed by atoms with Crippen molar-refractivity contribution < 1.29 is 13.2 Å². The van der Waals surface area contributed by atoms with Crippen molar-refractivity contribution in [1.29, 1.82) is 0 Å². The molecule has 1 fully saturated rings. The zero-order valence-corrected chi connectivity index (χ0v) is 18.9. The van der Waals surface area contributed by atoms with Gasteiger partial charge in [-0.1, -0.05) is 29.8 Å². The number of nitrogens with one attached hydrogen (secondary N) is 1. The summed E-state index contributed by atoms with van der Waals surface area (Å²) in [6, 6.07) is 12.5. The molecule has 1 aliphatic rings. The number of rotatable bonds is 6. The first-order valence-electron chi connectivity index (χ1n) is 10.4. The molecule has 0 spiro atoms. The Bertz CT molecular complexity index is 1190. The van der Waals surface area contributed by atoms with Gasteiger partial charge in [-0.2, -0.15) is 9.40 Å². The first kappa shape index (κ1) is 21.8. The number of halogens is 1. The second-order valence-electron chi connectivity index (χ2n) is 7.74. The SMILES string of the molecule is CCN(Cc1ccccc1Cl)C(=O)C1CCN(S(=O)(=O)c2ccc3cn[nH]c3c2)CC1. The molecule has 7 nitrogen and oxygen atoms in total. The zero-order chi connectivity index (χ0) is 22.0. The van der Waals surface area contributed by atoms with Gasteiger partial charge in [0.05, 0.1) is 16.6 Å². The summed E-state index contributed by atoms with van der Waals surface area (Å²) in [5, 5.41) is 8.25. The van der Waals surface area contributed by atoms with Gasteiger partial charge in [0.1, 0.15) is 0 Å². The van der Waals surface area contributed by atoms with Crippen LogP contribution in [0.4, 0.5) is 0 Å². The molecule has 1 amide bonds. The van der Waals surface area contributed by atoms with E-state index in [-0.39, 0.29) is 16.7 Å². The van der Waals surface area contributed by atoms with Crippen LogP contribution in [0.25, 0.3) is 10.9 Å². The van der Waals surface area contributed by atoms with Crippen LogP contribution < -0.4 is 0 Å². The van der Waals surface area contributed by atoms with Gasteiger partial charge in [-0.15, -0.1) is 0 Å². The predicted octanol–water partition coefficient (Wildman–Crippen LogP) is 3.67. The van der Waals surface area contributed by atoms with E-state index in [0.29, 0.717) is 49.6 Å². The smallest absolute Gasteiger partial charge is 0.243 e. The number of fused-ring (bicyclic) bond motifs is 1. The summed E-state index contributed by atoms with van der Waals surface area (Å²) in [5.41, 5.74) is 1.60. The quantitative estimate of drug-likeness (QED) is 0.608. The Balaban J connectivity index is 1.42. The van der Waals surface area contributed by atoms with Gasteiger partial charge in [0.25, 0.3) is 0 Å². The number of carbonyl (C=O) groups excluding carboxylic acids is 1. The minimum absolute atomic E-state index is 0.0540. The number of carbonyl (C=O) groups is 1. The molecule has 0 aliphatic carbocycles. The topological polar surface area (TPSA) is 86.4 Å². The average Bonchev–Trinajstić information content (AvgIpc) is 3.26. The molecule has 0 radical (unpaired) electrons. The van der Waals surface area contributed by atoms with E-state index in [1.165, 1.54) is 4.31 Å².